The van der Waals surface area contributed by atoms with E-state index in [-0.39, 0.29) is 11.5 Å². The number of aliphatic hydroxyl groups is 1. The molecule has 1 heterocycles. The molecule has 30 heavy (non-hydrogen) atoms. The van der Waals surface area contributed by atoms with E-state index in [0.717, 1.165) is 11.1 Å². The SMILES string of the molecule is Cc1ccc(C(=O)[C@H](OC(=O)c2[nH]c(C)c([C@H](C)O)c2C)c2ccc(C)cc2)cc1. The highest BCUT2D eigenvalue weighted by Gasteiger charge is 2.29. The van der Waals surface area contributed by atoms with Crippen molar-refractivity contribution in [3.05, 3.63) is 93.3 Å². The zero-order chi connectivity index (χ0) is 22.0. The van der Waals surface area contributed by atoms with Gasteiger partial charge in [-0.25, -0.2) is 4.79 Å². The molecule has 0 aliphatic rings. The number of aromatic amines is 1. The van der Waals surface area contributed by atoms with Crippen molar-refractivity contribution >= 4 is 11.8 Å². The van der Waals surface area contributed by atoms with E-state index in [0.29, 0.717) is 27.9 Å². The van der Waals surface area contributed by atoms with Crippen LogP contribution in [0, 0.1) is 27.7 Å². The second kappa shape index (κ2) is 8.67. The fourth-order valence-electron chi connectivity index (χ4n) is 3.64. The standard InChI is InChI=1S/C25H27NO4/c1-14-6-10-19(11-7-14)23(28)24(20-12-8-15(2)9-13-20)30-25(29)22-16(3)21(18(5)27)17(4)26-22/h6-13,18,24,26-27H,1-5H3/t18-,24+/m0/s1. The van der Waals surface area contributed by atoms with E-state index < -0.39 is 18.2 Å². The minimum absolute atomic E-state index is 0.247. The lowest BCUT2D eigenvalue weighted by Gasteiger charge is -2.18. The van der Waals surface area contributed by atoms with E-state index in [1.165, 1.54) is 0 Å². The second-order valence-corrected chi connectivity index (χ2v) is 7.77. The van der Waals surface area contributed by atoms with Crippen LogP contribution in [0.5, 0.6) is 0 Å². The lowest BCUT2D eigenvalue weighted by atomic mass is 9.98. The van der Waals surface area contributed by atoms with Crippen molar-refractivity contribution in [3.63, 3.8) is 0 Å². The molecule has 0 fully saturated rings. The summed E-state index contributed by atoms with van der Waals surface area (Å²) in [5.74, 6) is -0.919. The van der Waals surface area contributed by atoms with Gasteiger partial charge >= 0.3 is 5.97 Å². The Bertz CT molecular complexity index is 1060. The van der Waals surface area contributed by atoms with Crippen molar-refractivity contribution in [1.29, 1.82) is 0 Å². The molecule has 0 saturated heterocycles. The highest BCUT2D eigenvalue weighted by atomic mass is 16.5. The van der Waals surface area contributed by atoms with Gasteiger partial charge in [0.05, 0.1) is 6.10 Å². The number of ketones is 1. The number of esters is 1. The molecule has 0 bridgehead atoms. The topological polar surface area (TPSA) is 79.4 Å². The van der Waals surface area contributed by atoms with Crippen LogP contribution in [0.3, 0.4) is 0 Å². The minimum Gasteiger partial charge on any atom is -0.444 e. The van der Waals surface area contributed by atoms with E-state index in [1.807, 2.05) is 38.1 Å². The Morgan fingerprint density at radius 1 is 0.900 bits per heavy atom. The summed E-state index contributed by atoms with van der Waals surface area (Å²) in [6, 6.07) is 14.6. The lowest BCUT2D eigenvalue weighted by molar-refractivity contribution is 0.0274. The maximum absolute atomic E-state index is 13.2. The molecular weight excluding hydrogens is 378 g/mol. The van der Waals surface area contributed by atoms with Gasteiger partial charge in [-0.05, 0) is 40.2 Å². The number of carbonyl (C=O) groups is 2. The van der Waals surface area contributed by atoms with Crippen molar-refractivity contribution in [2.45, 2.75) is 46.8 Å². The highest BCUT2D eigenvalue weighted by molar-refractivity contribution is 6.02. The number of rotatable bonds is 6. The molecule has 0 amide bonds. The van der Waals surface area contributed by atoms with Crippen molar-refractivity contribution < 1.29 is 19.4 Å². The van der Waals surface area contributed by atoms with Gasteiger partial charge in [0, 0.05) is 22.4 Å². The Labute approximate surface area is 176 Å². The first-order valence-electron chi connectivity index (χ1n) is 9.94. The fraction of sp³-hybridized carbons (Fsp3) is 0.280. The van der Waals surface area contributed by atoms with Crippen LogP contribution < -0.4 is 0 Å². The maximum atomic E-state index is 13.2. The molecule has 0 saturated carbocycles. The Kier molecular flexibility index (Phi) is 6.22. The summed E-state index contributed by atoms with van der Waals surface area (Å²) in [4.78, 5) is 29.3. The average Bonchev–Trinajstić information content (AvgIpc) is 3.01. The highest BCUT2D eigenvalue weighted by Crippen LogP contribution is 2.28. The predicted octanol–water partition coefficient (Wildman–Crippen LogP) is 5.08. The fourth-order valence-corrected chi connectivity index (χ4v) is 3.64. The van der Waals surface area contributed by atoms with E-state index >= 15 is 0 Å². The first kappa shape index (κ1) is 21.5. The molecule has 156 valence electrons. The van der Waals surface area contributed by atoms with Crippen molar-refractivity contribution in [1.82, 2.24) is 4.98 Å². The van der Waals surface area contributed by atoms with Crippen LogP contribution in [0.25, 0.3) is 0 Å². The van der Waals surface area contributed by atoms with Gasteiger partial charge in [0.25, 0.3) is 0 Å². The molecule has 2 aromatic carbocycles. The molecule has 5 nitrogen and oxygen atoms in total. The van der Waals surface area contributed by atoms with Crippen LogP contribution in [-0.4, -0.2) is 21.8 Å². The van der Waals surface area contributed by atoms with Crippen LogP contribution in [0.1, 0.15) is 73.5 Å². The number of benzene rings is 2. The maximum Gasteiger partial charge on any atom is 0.356 e. The minimum atomic E-state index is -1.07. The molecule has 3 aromatic rings. The smallest absolute Gasteiger partial charge is 0.356 e. The van der Waals surface area contributed by atoms with Crippen LogP contribution in [0.4, 0.5) is 0 Å². The summed E-state index contributed by atoms with van der Waals surface area (Å²) >= 11 is 0. The van der Waals surface area contributed by atoms with Gasteiger partial charge in [-0.1, -0.05) is 59.7 Å². The first-order chi connectivity index (χ1) is 14.2. The summed E-state index contributed by atoms with van der Waals surface area (Å²) in [6.07, 6.45) is -1.79. The molecule has 0 aliphatic heterocycles. The monoisotopic (exact) mass is 405 g/mol. The van der Waals surface area contributed by atoms with Crippen LogP contribution in [-0.2, 0) is 4.74 Å². The second-order valence-electron chi connectivity index (χ2n) is 7.77. The average molecular weight is 405 g/mol. The number of aliphatic hydroxyl groups excluding tert-OH is 1. The molecule has 0 spiro atoms. The van der Waals surface area contributed by atoms with Gasteiger partial charge in [-0.3, -0.25) is 4.79 Å². The van der Waals surface area contributed by atoms with E-state index in [2.05, 4.69) is 4.98 Å². The number of H-pyrrole nitrogens is 1. The van der Waals surface area contributed by atoms with Crippen molar-refractivity contribution in [3.8, 4) is 0 Å². The van der Waals surface area contributed by atoms with E-state index in [1.54, 1.807) is 45.0 Å². The summed E-state index contributed by atoms with van der Waals surface area (Å²) in [6.45, 7) is 9.09. The van der Waals surface area contributed by atoms with Crippen molar-refractivity contribution in [2.24, 2.45) is 0 Å². The third-order valence-electron chi connectivity index (χ3n) is 5.30. The predicted molar refractivity (Wildman–Crippen MR) is 116 cm³/mol. The van der Waals surface area contributed by atoms with Gasteiger partial charge in [0.15, 0.2) is 6.10 Å². The van der Waals surface area contributed by atoms with Crippen LogP contribution >= 0.6 is 0 Å². The number of nitrogens with one attached hydrogen (secondary N) is 1. The summed E-state index contributed by atoms with van der Waals surface area (Å²) in [5, 5.41) is 10.00. The molecule has 2 atom stereocenters. The molecule has 0 aliphatic carbocycles. The number of aryl methyl sites for hydroxylation is 3. The Balaban J connectivity index is 1.98. The molecular formula is C25H27NO4. The molecule has 2 N–H and O–H groups in total. The van der Waals surface area contributed by atoms with Crippen LogP contribution in [0.2, 0.25) is 0 Å². The Morgan fingerprint density at radius 2 is 1.43 bits per heavy atom. The normalized spacial score (nSPS) is 13.0. The third-order valence-corrected chi connectivity index (χ3v) is 5.30. The van der Waals surface area contributed by atoms with E-state index in [9.17, 15) is 14.7 Å². The molecule has 1 aromatic heterocycles. The quantitative estimate of drug-likeness (QED) is 0.443. The Morgan fingerprint density at radius 3 is 1.93 bits per heavy atom. The number of ether oxygens (including phenoxy) is 1. The number of hydrogen-bond acceptors (Lipinski definition) is 4. The number of aromatic nitrogens is 1. The zero-order valence-corrected chi connectivity index (χ0v) is 17.9. The van der Waals surface area contributed by atoms with Crippen molar-refractivity contribution in [2.75, 3.05) is 0 Å². The number of hydrogen-bond donors (Lipinski definition) is 2. The third kappa shape index (κ3) is 4.36. The Hall–Kier alpha value is -3.18. The van der Waals surface area contributed by atoms with Gasteiger partial charge in [0.2, 0.25) is 5.78 Å². The van der Waals surface area contributed by atoms with Gasteiger partial charge in [-0.2, -0.15) is 0 Å². The zero-order valence-electron chi connectivity index (χ0n) is 17.9. The van der Waals surface area contributed by atoms with Gasteiger partial charge in [-0.15, -0.1) is 0 Å². The largest absolute Gasteiger partial charge is 0.444 e. The summed E-state index contributed by atoms with van der Waals surface area (Å²) in [5.41, 5.74) is 5.40. The number of Topliss-reactive ketones (excluding diaryl/α,β-unsaturated/α-hetero) is 1. The lowest BCUT2D eigenvalue weighted by Crippen LogP contribution is -2.21. The number of carbonyl (C=O) groups excluding carboxylic acids is 2. The van der Waals surface area contributed by atoms with Gasteiger partial charge < -0.3 is 14.8 Å². The van der Waals surface area contributed by atoms with Gasteiger partial charge in [0.1, 0.15) is 5.69 Å². The molecule has 0 radical (unpaired) electrons. The molecule has 3 rings (SSSR count). The van der Waals surface area contributed by atoms with E-state index in [4.69, 9.17) is 4.74 Å². The molecule has 5 heteroatoms. The van der Waals surface area contributed by atoms with Crippen LogP contribution in [0.15, 0.2) is 48.5 Å². The first-order valence-corrected chi connectivity index (χ1v) is 9.94. The summed E-state index contributed by atoms with van der Waals surface area (Å²) < 4.78 is 5.74. The summed E-state index contributed by atoms with van der Waals surface area (Å²) in [7, 11) is 0. The molecule has 0 unspecified atom stereocenters.